The molecule has 0 saturated heterocycles. The summed E-state index contributed by atoms with van der Waals surface area (Å²) in [6, 6.07) is 6.60. The van der Waals surface area contributed by atoms with E-state index in [4.69, 9.17) is 0 Å². The van der Waals surface area contributed by atoms with Crippen molar-refractivity contribution >= 4 is 21.6 Å². The second-order valence-corrected chi connectivity index (χ2v) is 3.40. The molecule has 1 aromatic carbocycles. The number of alkyl halides is 1. The first kappa shape index (κ1) is 10.9. The molecule has 0 N–H and O–H groups in total. The SMILES string of the molecule is O=[N+]([O-])c1ccc(CC=CCBr)cc1. The van der Waals surface area contributed by atoms with Crippen molar-refractivity contribution in [2.24, 2.45) is 0 Å². The Kier molecular flexibility index (Phi) is 4.32. The van der Waals surface area contributed by atoms with Crippen molar-refractivity contribution in [3.63, 3.8) is 0 Å². The fraction of sp³-hybridized carbons (Fsp3) is 0.200. The predicted octanol–water partition coefficient (Wildman–Crippen LogP) is 3.09. The molecule has 3 nitrogen and oxygen atoms in total. The summed E-state index contributed by atoms with van der Waals surface area (Å²) in [6.45, 7) is 0. The maximum atomic E-state index is 10.4. The monoisotopic (exact) mass is 255 g/mol. The fourth-order valence-corrected chi connectivity index (χ4v) is 1.30. The van der Waals surface area contributed by atoms with Crippen molar-refractivity contribution < 1.29 is 4.92 Å². The summed E-state index contributed by atoms with van der Waals surface area (Å²) >= 11 is 3.28. The van der Waals surface area contributed by atoms with Gasteiger partial charge in [0.1, 0.15) is 0 Å². The van der Waals surface area contributed by atoms with Gasteiger partial charge >= 0.3 is 0 Å². The van der Waals surface area contributed by atoms with Gasteiger partial charge < -0.3 is 0 Å². The molecule has 0 amide bonds. The van der Waals surface area contributed by atoms with Gasteiger partial charge in [0.05, 0.1) is 4.92 Å². The Morgan fingerprint density at radius 3 is 2.43 bits per heavy atom. The predicted molar refractivity (Wildman–Crippen MR) is 59.7 cm³/mol. The molecule has 0 fully saturated rings. The Labute approximate surface area is 90.7 Å². The maximum Gasteiger partial charge on any atom is 0.269 e. The summed E-state index contributed by atoms with van der Waals surface area (Å²) < 4.78 is 0. The van der Waals surface area contributed by atoms with Crippen LogP contribution in [-0.2, 0) is 6.42 Å². The topological polar surface area (TPSA) is 43.1 Å². The van der Waals surface area contributed by atoms with Gasteiger partial charge in [0.15, 0.2) is 0 Å². The van der Waals surface area contributed by atoms with Gasteiger partial charge in [0.2, 0.25) is 0 Å². The van der Waals surface area contributed by atoms with E-state index < -0.39 is 4.92 Å². The third-order valence-corrected chi connectivity index (χ3v) is 2.13. The largest absolute Gasteiger partial charge is 0.269 e. The van der Waals surface area contributed by atoms with Crippen LogP contribution in [-0.4, -0.2) is 10.3 Å². The zero-order valence-electron chi connectivity index (χ0n) is 7.52. The molecule has 0 heterocycles. The van der Waals surface area contributed by atoms with E-state index in [1.54, 1.807) is 12.1 Å². The van der Waals surface area contributed by atoms with Crippen molar-refractivity contribution in [1.82, 2.24) is 0 Å². The minimum atomic E-state index is -0.391. The Hall–Kier alpha value is -1.16. The number of rotatable bonds is 4. The van der Waals surface area contributed by atoms with E-state index in [-0.39, 0.29) is 5.69 Å². The van der Waals surface area contributed by atoms with Gasteiger partial charge in [-0.3, -0.25) is 10.1 Å². The van der Waals surface area contributed by atoms with Crippen LogP contribution >= 0.6 is 15.9 Å². The summed E-state index contributed by atoms with van der Waals surface area (Å²) in [4.78, 5) is 9.97. The highest BCUT2D eigenvalue weighted by atomic mass is 79.9. The molecular weight excluding hydrogens is 246 g/mol. The number of nitrogens with zero attached hydrogens (tertiary/aromatic N) is 1. The summed E-state index contributed by atoms with van der Waals surface area (Å²) in [5.41, 5.74) is 1.21. The number of nitro benzene ring substituents is 1. The van der Waals surface area contributed by atoms with Crippen molar-refractivity contribution in [1.29, 1.82) is 0 Å². The van der Waals surface area contributed by atoms with Gasteiger partial charge in [-0.05, 0) is 12.0 Å². The molecule has 0 saturated carbocycles. The number of nitro groups is 1. The van der Waals surface area contributed by atoms with E-state index in [1.165, 1.54) is 12.1 Å². The van der Waals surface area contributed by atoms with E-state index in [0.717, 1.165) is 17.3 Å². The highest BCUT2D eigenvalue weighted by Crippen LogP contribution is 2.12. The lowest BCUT2D eigenvalue weighted by atomic mass is 10.1. The second kappa shape index (κ2) is 5.54. The van der Waals surface area contributed by atoms with Gasteiger partial charge in [-0.15, -0.1) is 0 Å². The minimum Gasteiger partial charge on any atom is -0.258 e. The Morgan fingerprint density at radius 1 is 1.29 bits per heavy atom. The molecule has 0 atom stereocenters. The van der Waals surface area contributed by atoms with E-state index in [9.17, 15) is 10.1 Å². The maximum absolute atomic E-state index is 10.4. The van der Waals surface area contributed by atoms with Crippen molar-refractivity contribution in [2.75, 3.05) is 5.33 Å². The second-order valence-electron chi connectivity index (χ2n) is 2.75. The lowest BCUT2D eigenvalue weighted by molar-refractivity contribution is -0.384. The summed E-state index contributed by atoms with van der Waals surface area (Å²) in [5, 5.41) is 11.2. The summed E-state index contributed by atoms with van der Waals surface area (Å²) in [6.07, 6.45) is 4.83. The van der Waals surface area contributed by atoms with Gasteiger partial charge in [-0.2, -0.15) is 0 Å². The van der Waals surface area contributed by atoms with Crippen LogP contribution in [0.15, 0.2) is 36.4 Å². The number of benzene rings is 1. The van der Waals surface area contributed by atoms with Gasteiger partial charge in [0, 0.05) is 17.5 Å². The quantitative estimate of drug-likeness (QED) is 0.359. The normalized spacial score (nSPS) is 10.6. The molecule has 4 heteroatoms. The number of halogens is 1. The van der Waals surface area contributed by atoms with Gasteiger partial charge in [0.25, 0.3) is 5.69 Å². The van der Waals surface area contributed by atoms with Crippen LogP contribution in [0.3, 0.4) is 0 Å². The smallest absolute Gasteiger partial charge is 0.258 e. The van der Waals surface area contributed by atoms with E-state index in [2.05, 4.69) is 15.9 Å². The van der Waals surface area contributed by atoms with Crippen LogP contribution in [0.25, 0.3) is 0 Å². The van der Waals surface area contributed by atoms with E-state index >= 15 is 0 Å². The van der Waals surface area contributed by atoms with Crippen LogP contribution in [0.1, 0.15) is 5.56 Å². The van der Waals surface area contributed by atoms with E-state index in [1.807, 2.05) is 12.2 Å². The van der Waals surface area contributed by atoms with Crippen LogP contribution in [0.4, 0.5) is 5.69 Å². The Bertz CT molecular complexity index is 332. The van der Waals surface area contributed by atoms with Crippen molar-refractivity contribution in [2.45, 2.75) is 6.42 Å². The average Bonchev–Trinajstić information content (AvgIpc) is 2.19. The third kappa shape index (κ3) is 3.30. The van der Waals surface area contributed by atoms with Crippen LogP contribution < -0.4 is 0 Å². The molecule has 0 aliphatic rings. The zero-order valence-corrected chi connectivity index (χ0v) is 9.11. The van der Waals surface area contributed by atoms with Crippen molar-refractivity contribution in [3.05, 3.63) is 52.1 Å². The third-order valence-electron chi connectivity index (χ3n) is 1.76. The standard InChI is InChI=1S/C10H10BrNO2/c11-8-2-1-3-9-4-6-10(7-5-9)12(13)14/h1-2,4-7H,3,8H2. The molecule has 1 aromatic rings. The number of hydrogen-bond acceptors (Lipinski definition) is 2. The lowest BCUT2D eigenvalue weighted by Crippen LogP contribution is -1.88. The molecule has 0 unspecified atom stereocenters. The average molecular weight is 256 g/mol. The van der Waals surface area contributed by atoms with Gasteiger partial charge in [-0.25, -0.2) is 0 Å². The molecule has 0 aliphatic carbocycles. The highest BCUT2D eigenvalue weighted by molar-refractivity contribution is 9.09. The summed E-state index contributed by atoms with van der Waals surface area (Å²) in [7, 11) is 0. The van der Waals surface area contributed by atoms with E-state index in [0.29, 0.717) is 0 Å². The van der Waals surface area contributed by atoms with Gasteiger partial charge in [-0.1, -0.05) is 40.2 Å². The number of non-ortho nitro benzene ring substituents is 1. The number of hydrogen-bond donors (Lipinski definition) is 0. The van der Waals surface area contributed by atoms with Crippen molar-refractivity contribution in [3.8, 4) is 0 Å². The van der Waals surface area contributed by atoms with Crippen LogP contribution in [0.5, 0.6) is 0 Å². The Balaban J connectivity index is 2.64. The minimum absolute atomic E-state index is 0.137. The zero-order chi connectivity index (χ0) is 10.4. The lowest BCUT2D eigenvalue weighted by Gasteiger charge is -1.95. The molecule has 74 valence electrons. The molecule has 0 radical (unpaired) electrons. The molecule has 0 bridgehead atoms. The summed E-state index contributed by atoms with van der Waals surface area (Å²) in [5.74, 6) is 0. The molecule has 1 rings (SSSR count). The number of allylic oxidation sites excluding steroid dienone is 2. The molecule has 0 spiro atoms. The Morgan fingerprint density at radius 2 is 1.93 bits per heavy atom. The highest BCUT2D eigenvalue weighted by Gasteiger charge is 2.02. The van der Waals surface area contributed by atoms with Crippen LogP contribution in [0, 0.1) is 10.1 Å². The first-order chi connectivity index (χ1) is 6.74. The van der Waals surface area contributed by atoms with Crippen LogP contribution in [0.2, 0.25) is 0 Å². The molecule has 0 aromatic heterocycles. The first-order valence-corrected chi connectivity index (χ1v) is 5.30. The first-order valence-electron chi connectivity index (χ1n) is 4.18. The molecular formula is C10H10BrNO2. The molecule has 0 aliphatic heterocycles. The molecule has 14 heavy (non-hydrogen) atoms. The fourth-order valence-electron chi connectivity index (χ4n) is 1.04.